The van der Waals surface area contributed by atoms with E-state index < -0.39 is 17.6 Å². The second-order valence-corrected chi connectivity index (χ2v) is 5.49. The number of likely N-dealkylation sites (tertiary alicyclic amines) is 1. The summed E-state index contributed by atoms with van der Waals surface area (Å²) in [5.74, 6) is -2.80. The maximum Gasteiger partial charge on any atom is 0.307 e. The molecular formula is C16H19F2NO2. The van der Waals surface area contributed by atoms with E-state index in [1.165, 1.54) is 6.07 Å². The third kappa shape index (κ3) is 4.11. The molecule has 2 rings (SSSR count). The number of nitrogens with zero attached hydrogens (tertiary/aromatic N) is 1. The Kier molecular flexibility index (Phi) is 5.07. The van der Waals surface area contributed by atoms with E-state index in [0.29, 0.717) is 31.1 Å². The number of carboxylic acid groups (broad SMARTS) is 1. The number of rotatable bonds is 4. The van der Waals surface area contributed by atoms with E-state index in [2.05, 4.69) is 11.8 Å². The fraction of sp³-hybridized carbons (Fsp3) is 0.438. The van der Waals surface area contributed by atoms with Gasteiger partial charge in [0.1, 0.15) is 0 Å². The molecule has 0 aromatic heterocycles. The molecular weight excluding hydrogens is 276 g/mol. The average Bonchev–Trinajstić information content (AvgIpc) is 2.44. The lowest BCUT2D eigenvalue weighted by molar-refractivity contribution is -0.144. The zero-order valence-corrected chi connectivity index (χ0v) is 11.9. The predicted molar refractivity (Wildman–Crippen MR) is 76.8 cm³/mol. The molecule has 5 heteroatoms. The second kappa shape index (κ2) is 6.80. The average molecular weight is 295 g/mol. The van der Waals surface area contributed by atoms with E-state index in [-0.39, 0.29) is 5.92 Å². The molecule has 1 fully saturated rings. The van der Waals surface area contributed by atoms with Gasteiger partial charge < -0.3 is 5.11 Å². The van der Waals surface area contributed by atoms with Gasteiger partial charge in [-0.1, -0.05) is 18.2 Å². The van der Waals surface area contributed by atoms with Crippen molar-refractivity contribution >= 4 is 12.0 Å². The molecule has 2 unspecified atom stereocenters. The van der Waals surface area contributed by atoms with Crippen LogP contribution in [0.2, 0.25) is 0 Å². The number of hydrogen-bond donors (Lipinski definition) is 1. The molecule has 114 valence electrons. The van der Waals surface area contributed by atoms with Gasteiger partial charge >= 0.3 is 5.97 Å². The lowest BCUT2D eigenvalue weighted by Crippen LogP contribution is -2.44. The van der Waals surface area contributed by atoms with Crippen LogP contribution in [0.4, 0.5) is 8.78 Å². The predicted octanol–water partition coefficient (Wildman–Crippen LogP) is 3.16. The Morgan fingerprint density at radius 1 is 1.38 bits per heavy atom. The fourth-order valence-electron chi connectivity index (χ4n) is 2.58. The largest absolute Gasteiger partial charge is 0.481 e. The van der Waals surface area contributed by atoms with Crippen molar-refractivity contribution in [3.63, 3.8) is 0 Å². The smallest absolute Gasteiger partial charge is 0.307 e. The molecule has 3 nitrogen and oxygen atoms in total. The molecule has 1 aliphatic rings. The summed E-state index contributed by atoms with van der Waals surface area (Å²) in [6, 6.07) is 4.08. The van der Waals surface area contributed by atoms with Gasteiger partial charge in [0.2, 0.25) is 0 Å². The molecule has 1 aromatic carbocycles. The minimum atomic E-state index is -0.866. The summed E-state index contributed by atoms with van der Waals surface area (Å²) < 4.78 is 25.9. The van der Waals surface area contributed by atoms with Gasteiger partial charge in [-0.05, 0) is 37.5 Å². The van der Waals surface area contributed by atoms with E-state index >= 15 is 0 Å². The van der Waals surface area contributed by atoms with E-state index in [0.717, 1.165) is 18.6 Å². The van der Waals surface area contributed by atoms with Crippen molar-refractivity contribution in [3.05, 3.63) is 41.5 Å². The lowest BCUT2D eigenvalue weighted by Gasteiger charge is -2.35. The van der Waals surface area contributed by atoms with Crippen LogP contribution in [0.15, 0.2) is 24.3 Å². The van der Waals surface area contributed by atoms with Crippen LogP contribution in [-0.4, -0.2) is 35.1 Å². The first-order valence-corrected chi connectivity index (χ1v) is 7.06. The Labute approximate surface area is 122 Å². The van der Waals surface area contributed by atoms with Crippen LogP contribution in [-0.2, 0) is 4.79 Å². The summed E-state index contributed by atoms with van der Waals surface area (Å²) in [5, 5.41) is 9.08. The first-order chi connectivity index (χ1) is 9.97. The molecule has 1 aliphatic heterocycles. The fourth-order valence-corrected chi connectivity index (χ4v) is 2.58. The van der Waals surface area contributed by atoms with E-state index in [1.54, 1.807) is 6.08 Å². The third-order valence-electron chi connectivity index (χ3n) is 3.95. The summed E-state index contributed by atoms with van der Waals surface area (Å²) in [6.45, 7) is 3.20. The molecule has 1 N–H and O–H groups in total. The van der Waals surface area contributed by atoms with Gasteiger partial charge in [-0.3, -0.25) is 9.69 Å². The van der Waals surface area contributed by atoms with Crippen LogP contribution in [0.5, 0.6) is 0 Å². The van der Waals surface area contributed by atoms with Gasteiger partial charge in [0.15, 0.2) is 11.6 Å². The van der Waals surface area contributed by atoms with Crippen molar-refractivity contribution in [2.45, 2.75) is 25.8 Å². The number of carboxylic acids is 1. The quantitative estimate of drug-likeness (QED) is 0.927. The SMILES string of the molecule is CC1CCC(C(=O)O)CN1C/C=C/c1ccc(F)c(F)c1. The first kappa shape index (κ1) is 15.6. The van der Waals surface area contributed by atoms with Crippen molar-refractivity contribution < 1.29 is 18.7 Å². The highest BCUT2D eigenvalue weighted by Crippen LogP contribution is 2.22. The Morgan fingerprint density at radius 3 is 2.81 bits per heavy atom. The maximum absolute atomic E-state index is 13.1. The van der Waals surface area contributed by atoms with Crippen LogP contribution in [0.1, 0.15) is 25.3 Å². The topological polar surface area (TPSA) is 40.5 Å². The molecule has 0 amide bonds. The Hall–Kier alpha value is -1.75. The lowest BCUT2D eigenvalue weighted by atomic mass is 9.93. The molecule has 0 saturated carbocycles. The number of aliphatic carboxylic acids is 1. The van der Waals surface area contributed by atoms with Crippen molar-refractivity contribution in [2.75, 3.05) is 13.1 Å². The van der Waals surface area contributed by atoms with Crippen molar-refractivity contribution in [2.24, 2.45) is 5.92 Å². The van der Waals surface area contributed by atoms with Gasteiger partial charge in [0.25, 0.3) is 0 Å². The van der Waals surface area contributed by atoms with Crippen molar-refractivity contribution in [3.8, 4) is 0 Å². The van der Waals surface area contributed by atoms with Crippen LogP contribution >= 0.6 is 0 Å². The Balaban J connectivity index is 1.95. The Morgan fingerprint density at radius 2 is 2.14 bits per heavy atom. The summed E-state index contributed by atoms with van der Waals surface area (Å²) in [4.78, 5) is 13.1. The summed E-state index contributed by atoms with van der Waals surface area (Å²) in [7, 11) is 0. The van der Waals surface area contributed by atoms with Crippen molar-refractivity contribution in [1.29, 1.82) is 0 Å². The molecule has 2 atom stereocenters. The van der Waals surface area contributed by atoms with Gasteiger partial charge in [-0.25, -0.2) is 8.78 Å². The van der Waals surface area contributed by atoms with E-state index in [9.17, 15) is 13.6 Å². The van der Waals surface area contributed by atoms with E-state index in [1.807, 2.05) is 6.08 Å². The molecule has 1 heterocycles. The molecule has 1 saturated heterocycles. The number of hydrogen-bond acceptors (Lipinski definition) is 2. The van der Waals surface area contributed by atoms with E-state index in [4.69, 9.17) is 5.11 Å². The van der Waals surface area contributed by atoms with Crippen molar-refractivity contribution in [1.82, 2.24) is 4.90 Å². The van der Waals surface area contributed by atoms with Crippen LogP contribution in [0.25, 0.3) is 6.08 Å². The first-order valence-electron chi connectivity index (χ1n) is 7.06. The number of piperidine rings is 1. The third-order valence-corrected chi connectivity index (χ3v) is 3.95. The Bertz CT molecular complexity index is 545. The highest BCUT2D eigenvalue weighted by atomic mass is 19.2. The summed E-state index contributed by atoms with van der Waals surface area (Å²) in [6.07, 6.45) is 5.14. The zero-order chi connectivity index (χ0) is 15.4. The molecule has 0 bridgehead atoms. The van der Waals surface area contributed by atoms with Crippen LogP contribution in [0, 0.1) is 17.6 Å². The highest BCUT2D eigenvalue weighted by molar-refractivity contribution is 5.70. The van der Waals surface area contributed by atoms with Gasteiger partial charge in [-0.15, -0.1) is 0 Å². The van der Waals surface area contributed by atoms with Crippen LogP contribution in [0.3, 0.4) is 0 Å². The molecule has 0 spiro atoms. The van der Waals surface area contributed by atoms with Crippen LogP contribution < -0.4 is 0 Å². The standard InChI is InChI=1S/C16H19F2NO2/c1-11-4-6-13(16(20)21)10-19(11)8-2-3-12-5-7-14(17)15(18)9-12/h2-3,5,7,9,11,13H,4,6,8,10H2,1H3,(H,20,21)/b3-2+. The van der Waals surface area contributed by atoms with Gasteiger partial charge in [0.05, 0.1) is 5.92 Å². The number of carbonyl (C=O) groups is 1. The van der Waals surface area contributed by atoms with Gasteiger partial charge in [-0.2, -0.15) is 0 Å². The maximum atomic E-state index is 13.1. The van der Waals surface area contributed by atoms with Gasteiger partial charge in [0, 0.05) is 19.1 Å². The number of halogens is 2. The summed E-state index contributed by atoms with van der Waals surface area (Å²) >= 11 is 0. The zero-order valence-electron chi connectivity index (χ0n) is 11.9. The molecule has 0 aliphatic carbocycles. The molecule has 0 radical (unpaired) electrons. The monoisotopic (exact) mass is 295 g/mol. The normalized spacial score (nSPS) is 23.6. The minimum Gasteiger partial charge on any atom is -0.481 e. The summed E-state index contributed by atoms with van der Waals surface area (Å²) in [5.41, 5.74) is 0.591. The minimum absolute atomic E-state index is 0.321. The number of benzene rings is 1. The molecule has 1 aromatic rings. The highest BCUT2D eigenvalue weighted by Gasteiger charge is 2.28. The molecule has 21 heavy (non-hydrogen) atoms. The second-order valence-electron chi connectivity index (χ2n) is 5.49.